The molecular weight excluding hydrogens is 1430 g/mol. The fraction of sp³-hybridized carbons (Fsp3) is 0.956. The van der Waals surface area contributed by atoms with Crippen molar-refractivity contribution in [1.29, 1.82) is 0 Å². The summed E-state index contributed by atoms with van der Waals surface area (Å²) in [5.74, 6) is -1.32. The number of rotatable bonds is 91. The second kappa shape index (κ2) is 83.5. The lowest BCUT2D eigenvalue weighted by Gasteiger charge is -2.21. The van der Waals surface area contributed by atoms with Crippen molar-refractivity contribution in [2.45, 2.75) is 515 Å². The number of phosphoric ester groups is 2. The van der Waals surface area contributed by atoms with Gasteiger partial charge in [0.25, 0.3) is 0 Å². The Hall–Kier alpha value is -1.94. The number of carbonyl (C=O) groups excluding carboxylic acids is 4. The van der Waals surface area contributed by atoms with Crippen LogP contribution >= 0.6 is 15.6 Å². The van der Waals surface area contributed by atoms with E-state index in [9.17, 15) is 43.2 Å². The second-order valence-electron chi connectivity index (χ2n) is 32.9. The van der Waals surface area contributed by atoms with Crippen molar-refractivity contribution in [2.24, 2.45) is 5.92 Å². The number of esters is 4. The molecule has 0 aliphatic carbocycles. The zero-order chi connectivity index (χ0) is 80.4. The summed E-state index contributed by atoms with van der Waals surface area (Å²) < 4.78 is 69.1. The van der Waals surface area contributed by atoms with Gasteiger partial charge in [0.1, 0.15) is 19.3 Å². The van der Waals surface area contributed by atoms with Crippen LogP contribution in [0.5, 0.6) is 0 Å². The van der Waals surface area contributed by atoms with Gasteiger partial charge in [0.05, 0.1) is 26.4 Å². The van der Waals surface area contributed by atoms with Crippen molar-refractivity contribution >= 4 is 39.5 Å². The molecule has 3 N–H and O–H groups in total. The van der Waals surface area contributed by atoms with Crippen molar-refractivity contribution in [3.05, 3.63) is 0 Å². The monoisotopic (exact) mass is 1610 g/mol. The van der Waals surface area contributed by atoms with E-state index in [1.807, 2.05) is 0 Å². The van der Waals surface area contributed by atoms with Crippen LogP contribution in [0.15, 0.2) is 0 Å². The Kier molecular flexibility index (Phi) is 82.1. The van der Waals surface area contributed by atoms with Gasteiger partial charge < -0.3 is 33.8 Å². The molecule has 0 aromatic carbocycles. The number of aliphatic hydroxyl groups is 1. The molecule has 0 radical (unpaired) electrons. The Balaban J connectivity index is 5.23. The van der Waals surface area contributed by atoms with Gasteiger partial charge in [-0.25, -0.2) is 9.13 Å². The van der Waals surface area contributed by atoms with Gasteiger partial charge >= 0.3 is 39.5 Å². The summed E-state index contributed by atoms with van der Waals surface area (Å²) in [7, 11) is -9.93. The summed E-state index contributed by atoms with van der Waals surface area (Å²) in [6, 6.07) is 0. The van der Waals surface area contributed by atoms with Crippen molar-refractivity contribution in [3.63, 3.8) is 0 Å². The molecule has 0 spiro atoms. The fourth-order valence-electron chi connectivity index (χ4n) is 14.3. The zero-order valence-electron chi connectivity index (χ0n) is 72.4. The standard InChI is InChI=1S/C91H178O17P2/c1-6-10-13-16-19-22-25-28-31-33-35-37-39-41-43-46-49-52-55-62-67-72-77-90(95)107-86(80-101-88(93)74-69-64-59-53-50-47-45-42-40-38-36-34-32-29-26-23-20-17-14-11-7-2)82-105-109(97,98)103-78-85(92)79-104-110(99,100)106-83-87(81-102-89(94)75-70-65-60-57-56-58-63-68-73-84(5)9-4)108-91(96)76-71-66-61-54-51-48-44-30-27-24-21-18-15-12-8-3/h84-87,92H,6-83H2,1-5H3,(H,97,98)(H,99,100)/t84?,85-,86-,87-/m1/s1. The van der Waals surface area contributed by atoms with E-state index in [2.05, 4.69) is 34.6 Å². The first kappa shape index (κ1) is 108. The van der Waals surface area contributed by atoms with Crippen LogP contribution in [-0.2, 0) is 65.4 Å². The van der Waals surface area contributed by atoms with Gasteiger partial charge in [-0.3, -0.25) is 37.3 Å². The van der Waals surface area contributed by atoms with E-state index in [-0.39, 0.29) is 25.7 Å². The minimum atomic E-state index is -4.97. The third-order valence-corrected chi connectivity index (χ3v) is 23.8. The van der Waals surface area contributed by atoms with E-state index in [0.717, 1.165) is 95.8 Å². The van der Waals surface area contributed by atoms with Gasteiger partial charge in [-0.05, 0) is 31.6 Å². The average molecular weight is 1610 g/mol. The maximum absolute atomic E-state index is 13.2. The van der Waals surface area contributed by atoms with Gasteiger partial charge in [0.15, 0.2) is 12.2 Å². The molecule has 0 aromatic rings. The molecule has 0 saturated carbocycles. The molecule has 0 heterocycles. The highest BCUT2D eigenvalue weighted by Gasteiger charge is 2.31. The highest BCUT2D eigenvalue weighted by atomic mass is 31.2. The Bertz CT molecular complexity index is 2080. The van der Waals surface area contributed by atoms with Gasteiger partial charge in [-0.2, -0.15) is 0 Å². The molecule has 654 valence electrons. The summed E-state index contributed by atoms with van der Waals surface area (Å²) in [5.41, 5.74) is 0. The van der Waals surface area contributed by atoms with E-state index >= 15 is 0 Å². The van der Waals surface area contributed by atoms with Crippen LogP contribution in [0, 0.1) is 5.92 Å². The van der Waals surface area contributed by atoms with Crippen LogP contribution in [0.3, 0.4) is 0 Å². The molecule has 17 nitrogen and oxygen atoms in total. The Morgan fingerprint density at radius 2 is 0.436 bits per heavy atom. The molecule has 0 amide bonds. The van der Waals surface area contributed by atoms with E-state index in [1.54, 1.807) is 0 Å². The molecule has 0 bridgehead atoms. The Labute approximate surface area is 677 Å². The molecule has 0 aliphatic heterocycles. The first-order chi connectivity index (χ1) is 53.6. The highest BCUT2D eigenvalue weighted by Crippen LogP contribution is 2.45. The number of phosphoric acid groups is 2. The molecule has 0 aromatic heterocycles. The third kappa shape index (κ3) is 82.6. The lowest BCUT2D eigenvalue weighted by Crippen LogP contribution is -2.30. The molecule has 0 fully saturated rings. The number of aliphatic hydroxyl groups excluding tert-OH is 1. The summed E-state index contributed by atoms with van der Waals surface area (Å²) >= 11 is 0. The highest BCUT2D eigenvalue weighted by molar-refractivity contribution is 7.47. The molecule has 6 atom stereocenters. The molecular formula is C91H178O17P2. The second-order valence-corrected chi connectivity index (χ2v) is 35.8. The summed E-state index contributed by atoms with van der Waals surface area (Å²) in [4.78, 5) is 73.4. The number of unbranched alkanes of at least 4 members (excludes halogenated alkanes) is 62. The molecule has 110 heavy (non-hydrogen) atoms. The number of ether oxygens (including phenoxy) is 4. The maximum Gasteiger partial charge on any atom is 0.472 e. The van der Waals surface area contributed by atoms with E-state index < -0.39 is 97.5 Å². The van der Waals surface area contributed by atoms with Crippen LogP contribution in [0.4, 0.5) is 0 Å². The Morgan fingerprint density at radius 3 is 0.645 bits per heavy atom. The van der Waals surface area contributed by atoms with Crippen LogP contribution in [-0.4, -0.2) is 96.7 Å². The lowest BCUT2D eigenvalue weighted by molar-refractivity contribution is -0.161. The molecule has 0 aliphatic rings. The van der Waals surface area contributed by atoms with E-state index in [4.69, 9.17) is 37.0 Å². The van der Waals surface area contributed by atoms with E-state index in [0.29, 0.717) is 25.7 Å². The van der Waals surface area contributed by atoms with Crippen molar-refractivity contribution in [2.75, 3.05) is 39.6 Å². The van der Waals surface area contributed by atoms with Gasteiger partial charge in [0.2, 0.25) is 0 Å². The van der Waals surface area contributed by atoms with Crippen LogP contribution < -0.4 is 0 Å². The normalized spacial score (nSPS) is 13.9. The predicted octanol–water partition coefficient (Wildman–Crippen LogP) is 28.3. The minimum absolute atomic E-state index is 0.108. The van der Waals surface area contributed by atoms with E-state index in [1.165, 1.54) is 321 Å². The lowest BCUT2D eigenvalue weighted by atomic mass is 9.99. The number of carbonyl (C=O) groups is 4. The summed E-state index contributed by atoms with van der Waals surface area (Å²) in [6.07, 6.45) is 79.3. The molecule has 3 unspecified atom stereocenters. The zero-order valence-corrected chi connectivity index (χ0v) is 74.2. The maximum atomic E-state index is 13.2. The van der Waals surface area contributed by atoms with Crippen LogP contribution in [0.2, 0.25) is 0 Å². The Morgan fingerprint density at radius 1 is 0.255 bits per heavy atom. The summed E-state index contributed by atoms with van der Waals surface area (Å²) in [6.45, 7) is 7.39. The minimum Gasteiger partial charge on any atom is -0.462 e. The topological polar surface area (TPSA) is 237 Å². The number of hydrogen-bond acceptors (Lipinski definition) is 15. The van der Waals surface area contributed by atoms with Crippen LogP contribution in [0.25, 0.3) is 0 Å². The van der Waals surface area contributed by atoms with Crippen molar-refractivity contribution in [3.8, 4) is 0 Å². The first-order valence-electron chi connectivity index (χ1n) is 47.2. The first-order valence-corrected chi connectivity index (χ1v) is 50.2. The predicted molar refractivity (Wildman–Crippen MR) is 455 cm³/mol. The molecule has 0 rings (SSSR count). The summed E-state index contributed by atoms with van der Waals surface area (Å²) in [5, 5.41) is 10.7. The van der Waals surface area contributed by atoms with Gasteiger partial charge in [-0.1, -0.05) is 446 Å². The largest absolute Gasteiger partial charge is 0.472 e. The molecule has 19 heteroatoms. The van der Waals surface area contributed by atoms with Gasteiger partial charge in [0, 0.05) is 25.7 Å². The van der Waals surface area contributed by atoms with Crippen LogP contribution in [0.1, 0.15) is 497 Å². The quantitative estimate of drug-likeness (QED) is 0.0222. The number of hydrogen-bond donors (Lipinski definition) is 3. The average Bonchev–Trinajstić information content (AvgIpc) is 0.888. The van der Waals surface area contributed by atoms with Gasteiger partial charge in [-0.15, -0.1) is 0 Å². The van der Waals surface area contributed by atoms with Crippen molar-refractivity contribution in [1.82, 2.24) is 0 Å². The molecule has 0 saturated heterocycles. The third-order valence-electron chi connectivity index (χ3n) is 21.9. The fourth-order valence-corrected chi connectivity index (χ4v) is 15.9. The van der Waals surface area contributed by atoms with Crippen molar-refractivity contribution < 1.29 is 80.2 Å². The smallest absolute Gasteiger partial charge is 0.462 e. The SMILES string of the molecule is CCCCCCCCCCCCCCCCCCCCCCCCC(=O)O[C@H](COC(=O)CCCCCCCCCCCCCCCCCCCCCCC)COP(=O)(O)OC[C@@H](O)COP(=O)(O)OC[C@@H](COC(=O)CCCCCCCCCCC(C)CC)OC(=O)CCCCCCCCCCCCCCCCC.